The molecule has 0 saturated carbocycles. The van der Waals surface area contributed by atoms with Gasteiger partial charge in [0, 0.05) is 12.7 Å². The lowest BCUT2D eigenvalue weighted by molar-refractivity contribution is 0.0647. The lowest BCUT2D eigenvalue weighted by atomic mass is 10.3. The minimum Gasteiger partial charge on any atom is -0.475 e. The number of aromatic nitrogens is 3. The van der Waals surface area contributed by atoms with Gasteiger partial charge in [0.2, 0.25) is 11.7 Å². The van der Waals surface area contributed by atoms with Gasteiger partial charge in [-0.25, -0.2) is 18.6 Å². The van der Waals surface area contributed by atoms with Crippen molar-refractivity contribution in [2.75, 3.05) is 0 Å². The first-order valence-electron chi connectivity index (χ1n) is 4.93. The second-order valence-corrected chi connectivity index (χ2v) is 3.63. The topological polar surface area (TPSA) is 81.2 Å². The van der Waals surface area contributed by atoms with Crippen LogP contribution in [0.4, 0.5) is 8.78 Å². The summed E-state index contributed by atoms with van der Waals surface area (Å²) in [6.45, 7) is 1.76. The molecule has 0 amide bonds. The van der Waals surface area contributed by atoms with Crippen molar-refractivity contribution < 1.29 is 23.1 Å². The van der Waals surface area contributed by atoms with Gasteiger partial charge >= 0.3 is 5.97 Å². The maximum Gasteiger partial charge on any atom is 0.374 e. The summed E-state index contributed by atoms with van der Waals surface area (Å²) in [7, 11) is 1.66. The van der Waals surface area contributed by atoms with Crippen LogP contribution in [0.5, 0.6) is 0 Å². The zero-order chi connectivity index (χ0) is 13.4. The van der Waals surface area contributed by atoms with E-state index in [1.807, 2.05) is 0 Å². The number of nitrogens with zero attached hydrogens (tertiary/aromatic N) is 3. The zero-order valence-corrected chi connectivity index (χ0v) is 9.52. The largest absolute Gasteiger partial charge is 0.475 e. The fraction of sp³-hybridized carbons (Fsp3) is 0.300. The smallest absolute Gasteiger partial charge is 0.374 e. The standard InChI is InChI=1S/C10H9F2N3O3/c1-4-3-5(14-15(4)2)9-13-6(8(11)12)7(18-9)10(16)17/h3,8H,1-2H3,(H,16,17). The average Bonchev–Trinajstić information content (AvgIpc) is 2.83. The summed E-state index contributed by atoms with van der Waals surface area (Å²) in [5.41, 5.74) is 0.0869. The van der Waals surface area contributed by atoms with Crippen molar-refractivity contribution in [2.45, 2.75) is 13.3 Å². The highest BCUT2D eigenvalue weighted by molar-refractivity contribution is 5.86. The van der Waals surface area contributed by atoms with Crippen LogP contribution in [0.3, 0.4) is 0 Å². The fourth-order valence-corrected chi connectivity index (χ4v) is 1.41. The number of oxazole rings is 1. The molecule has 18 heavy (non-hydrogen) atoms. The summed E-state index contributed by atoms with van der Waals surface area (Å²) >= 11 is 0. The Balaban J connectivity index is 2.53. The molecule has 8 heteroatoms. The predicted octanol–water partition coefficient (Wildman–Crippen LogP) is 2.02. The number of carboxylic acids is 1. The number of halogens is 2. The second kappa shape index (κ2) is 4.21. The third-order valence-corrected chi connectivity index (χ3v) is 2.39. The molecule has 2 rings (SSSR count). The molecule has 96 valence electrons. The van der Waals surface area contributed by atoms with Crippen molar-refractivity contribution >= 4 is 5.97 Å². The van der Waals surface area contributed by atoms with Crippen molar-refractivity contribution in [3.05, 3.63) is 23.2 Å². The van der Waals surface area contributed by atoms with Gasteiger partial charge in [-0.3, -0.25) is 4.68 Å². The Kier molecular flexibility index (Phi) is 2.85. The molecule has 0 fully saturated rings. The highest BCUT2D eigenvalue weighted by Crippen LogP contribution is 2.27. The molecule has 0 atom stereocenters. The SMILES string of the molecule is Cc1cc(-c2nc(C(F)F)c(C(=O)O)o2)nn1C. The van der Waals surface area contributed by atoms with Crippen LogP contribution in [0.15, 0.2) is 10.5 Å². The van der Waals surface area contributed by atoms with E-state index >= 15 is 0 Å². The highest BCUT2D eigenvalue weighted by Gasteiger charge is 2.27. The molecule has 0 aromatic carbocycles. The molecule has 0 saturated heterocycles. The molecule has 2 aromatic rings. The van der Waals surface area contributed by atoms with Gasteiger partial charge in [0.1, 0.15) is 5.69 Å². The molecule has 1 N–H and O–H groups in total. The van der Waals surface area contributed by atoms with Crippen LogP contribution in [0.1, 0.15) is 28.4 Å². The van der Waals surface area contributed by atoms with Gasteiger partial charge < -0.3 is 9.52 Å². The van der Waals surface area contributed by atoms with Crippen LogP contribution in [0.2, 0.25) is 0 Å². The first-order valence-corrected chi connectivity index (χ1v) is 4.93. The van der Waals surface area contributed by atoms with E-state index in [9.17, 15) is 13.6 Å². The first kappa shape index (κ1) is 12.2. The Hall–Kier alpha value is -2.25. The molecule has 2 aromatic heterocycles. The minimum atomic E-state index is -3.02. The van der Waals surface area contributed by atoms with E-state index in [1.165, 1.54) is 4.68 Å². The average molecular weight is 257 g/mol. The van der Waals surface area contributed by atoms with Gasteiger partial charge in [-0.05, 0) is 13.0 Å². The van der Waals surface area contributed by atoms with Gasteiger partial charge in [0.25, 0.3) is 6.43 Å². The molecule has 0 bridgehead atoms. The molecule has 0 aliphatic rings. The summed E-state index contributed by atoms with van der Waals surface area (Å²) in [5.74, 6) is -2.67. The number of aryl methyl sites for hydroxylation is 2. The molecular weight excluding hydrogens is 248 g/mol. The van der Waals surface area contributed by atoms with Crippen LogP contribution in [-0.2, 0) is 7.05 Å². The number of hydrogen-bond donors (Lipinski definition) is 1. The molecule has 0 radical (unpaired) electrons. The normalized spacial score (nSPS) is 11.2. The van der Waals surface area contributed by atoms with Gasteiger partial charge in [-0.2, -0.15) is 5.10 Å². The van der Waals surface area contributed by atoms with Gasteiger partial charge in [-0.15, -0.1) is 0 Å². The van der Waals surface area contributed by atoms with E-state index in [1.54, 1.807) is 20.0 Å². The molecular formula is C10H9F2N3O3. The lowest BCUT2D eigenvalue weighted by Crippen LogP contribution is -1.99. The second-order valence-electron chi connectivity index (χ2n) is 3.63. The van der Waals surface area contributed by atoms with Crippen LogP contribution in [-0.4, -0.2) is 25.8 Å². The molecule has 0 spiro atoms. The van der Waals surface area contributed by atoms with Crippen molar-refractivity contribution in [1.82, 2.24) is 14.8 Å². The van der Waals surface area contributed by atoms with E-state index in [-0.39, 0.29) is 11.6 Å². The third kappa shape index (κ3) is 1.96. The van der Waals surface area contributed by atoms with Crippen LogP contribution >= 0.6 is 0 Å². The number of hydrogen-bond acceptors (Lipinski definition) is 4. The monoisotopic (exact) mass is 257 g/mol. The maximum atomic E-state index is 12.6. The number of aromatic carboxylic acids is 1. The Morgan fingerprint density at radius 3 is 2.61 bits per heavy atom. The summed E-state index contributed by atoms with van der Waals surface area (Å²) in [6, 6.07) is 1.56. The van der Waals surface area contributed by atoms with E-state index in [2.05, 4.69) is 10.1 Å². The predicted molar refractivity (Wildman–Crippen MR) is 55.4 cm³/mol. The number of rotatable bonds is 3. The Morgan fingerprint density at radius 1 is 1.56 bits per heavy atom. The highest BCUT2D eigenvalue weighted by atomic mass is 19.3. The first-order chi connectivity index (χ1) is 8.40. The quantitative estimate of drug-likeness (QED) is 0.909. The van der Waals surface area contributed by atoms with Crippen LogP contribution in [0.25, 0.3) is 11.6 Å². The number of carboxylic acid groups (broad SMARTS) is 1. The van der Waals surface area contributed by atoms with E-state index in [0.717, 1.165) is 5.69 Å². The van der Waals surface area contributed by atoms with Gasteiger partial charge in [-0.1, -0.05) is 0 Å². The van der Waals surface area contributed by atoms with Gasteiger partial charge in [0.15, 0.2) is 5.69 Å². The Morgan fingerprint density at radius 2 is 2.22 bits per heavy atom. The molecule has 2 heterocycles. The third-order valence-electron chi connectivity index (χ3n) is 2.39. The molecule has 6 nitrogen and oxygen atoms in total. The van der Waals surface area contributed by atoms with Crippen molar-refractivity contribution in [2.24, 2.45) is 7.05 Å². The molecule has 0 unspecified atom stereocenters. The number of alkyl halides is 2. The minimum absolute atomic E-state index is 0.212. The summed E-state index contributed by atoms with van der Waals surface area (Å²) in [6.07, 6.45) is -3.02. The van der Waals surface area contributed by atoms with Crippen LogP contribution < -0.4 is 0 Å². The van der Waals surface area contributed by atoms with Crippen molar-refractivity contribution in [3.63, 3.8) is 0 Å². The lowest BCUT2D eigenvalue weighted by Gasteiger charge is -1.91. The van der Waals surface area contributed by atoms with Crippen molar-refractivity contribution in [1.29, 1.82) is 0 Å². The van der Waals surface area contributed by atoms with E-state index in [0.29, 0.717) is 0 Å². The van der Waals surface area contributed by atoms with Crippen molar-refractivity contribution in [3.8, 4) is 11.6 Å². The molecule has 0 aliphatic heterocycles. The van der Waals surface area contributed by atoms with Gasteiger partial charge in [0.05, 0.1) is 0 Å². The zero-order valence-electron chi connectivity index (χ0n) is 9.52. The Bertz CT molecular complexity index is 584. The maximum absolute atomic E-state index is 12.6. The van der Waals surface area contributed by atoms with E-state index < -0.39 is 23.8 Å². The summed E-state index contributed by atoms with van der Waals surface area (Å²) in [4.78, 5) is 14.2. The fourth-order valence-electron chi connectivity index (χ4n) is 1.41. The number of carbonyl (C=O) groups is 1. The summed E-state index contributed by atoms with van der Waals surface area (Å²) in [5, 5.41) is 12.7. The molecule has 0 aliphatic carbocycles. The summed E-state index contributed by atoms with van der Waals surface area (Å²) < 4.78 is 31.5. The van der Waals surface area contributed by atoms with E-state index in [4.69, 9.17) is 9.52 Å². The van der Waals surface area contributed by atoms with Crippen LogP contribution in [0, 0.1) is 6.92 Å². The Labute approximate surface area is 99.9 Å².